The minimum Gasteiger partial charge on any atom is -0.487 e. The maximum Gasteiger partial charge on any atom is 0.337 e. The number of rotatable bonds is 6. The average molecular weight is 522 g/mol. The van der Waals surface area contributed by atoms with Crippen molar-refractivity contribution in [3.8, 4) is 17.0 Å². The maximum absolute atomic E-state index is 12.2. The van der Waals surface area contributed by atoms with Crippen molar-refractivity contribution >= 4 is 11.9 Å². The summed E-state index contributed by atoms with van der Waals surface area (Å²) >= 11 is 0. The number of piperidine rings is 1. The molecule has 1 spiro atoms. The van der Waals surface area contributed by atoms with Crippen LogP contribution >= 0.6 is 0 Å². The van der Waals surface area contributed by atoms with Gasteiger partial charge in [-0.3, -0.25) is 14.9 Å². The number of hydrogen-bond acceptors (Lipinski definition) is 6. The van der Waals surface area contributed by atoms with Gasteiger partial charge in [0, 0.05) is 47.4 Å². The molecule has 2 aliphatic carbocycles. The lowest BCUT2D eigenvalue weighted by molar-refractivity contribution is -0.0116. The second-order valence-corrected chi connectivity index (χ2v) is 10.7. The molecule has 8 nitrogen and oxygen atoms in total. The van der Waals surface area contributed by atoms with E-state index in [1.165, 1.54) is 5.56 Å². The van der Waals surface area contributed by atoms with E-state index in [0.29, 0.717) is 22.7 Å². The van der Waals surface area contributed by atoms with Gasteiger partial charge in [0.2, 0.25) is 0 Å². The zero-order valence-electron chi connectivity index (χ0n) is 21.2. The number of aromatic carboxylic acids is 2. The highest BCUT2D eigenvalue weighted by Gasteiger charge is 2.65. The Morgan fingerprint density at radius 1 is 1.08 bits per heavy atom. The van der Waals surface area contributed by atoms with E-state index in [1.54, 1.807) is 36.7 Å². The molecule has 2 bridgehead atoms. The quantitative estimate of drug-likeness (QED) is 0.461. The molecule has 1 saturated heterocycles. The Bertz CT molecular complexity index is 1580. The predicted molar refractivity (Wildman–Crippen MR) is 143 cm³/mol. The first-order chi connectivity index (χ1) is 19.0. The molecular formula is C31H27N3O5. The summed E-state index contributed by atoms with van der Waals surface area (Å²) in [5, 5.41) is 19.9. The number of carboxylic acid groups (broad SMARTS) is 2. The molecule has 1 aromatic carbocycles. The molecule has 2 N–H and O–H groups in total. The first kappa shape index (κ1) is 23.8. The van der Waals surface area contributed by atoms with Gasteiger partial charge in [-0.25, -0.2) is 9.59 Å². The van der Waals surface area contributed by atoms with Crippen LogP contribution in [0.3, 0.4) is 0 Å². The van der Waals surface area contributed by atoms with Gasteiger partial charge >= 0.3 is 11.9 Å². The Balaban J connectivity index is 1.47. The molecule has 7 rings (SSSR count). The minimum absolute atomic E-state index is 0.114. The molecule has 2 unspecified atom stereocenters. The monoisotopic (exact) mass is 521 g/mol. The smallest absolute Gasteiger partial charge is 0.337 e. The van der Waals surface area contributed by atoms with E-state index in [2.05, 4.69) is 39.7 Å². The SMILES string of the molecule is C=CCN1CC[C@]23c4c5ccc(-c6ncccc6C(=O)O)c4OC2C(c2ncccc2C(=O)O)C=C[C@H]3[C@H]1C5. The molecule has 0 radical (unpaired) electrons. The summed E-state index contributed by atoms with van der Waals surface area (Å²) in [6, 6.07) is 10.7. The fourth-order valence-corrected chi connectivity index (χ4v) is 7.64. The molecule has 0 saturated carbocycles. The molecule has 39 heavy (non-hydrogen) atoms. The second kappa shape index (κ2) is 8.61. The highest BCUT2D eigenvalue weighted by molar-refractivity contribution is 5.96. The van der Waals surface area contributed by atoms with Crippen LogP contribution in [-0.2, 0) is 11.8 Å². The fourth-order valence-electron chi connectivity index (χ4n) is 7.64. The molecule has 5 atom stereocenters. The van der Waals surface area contributed by atoms with E-state index in [-0.39, 0.29) is 35.1 Å². The normalized spacial score (nSPS) is 27.9. The molecule has 1 fully saturated rings. The van der Waals surface area contributed by atoms with Crippen LogP contribution in [0.25, 0.3) is 11.3 Å². The molecule has 8 heteroatoms. The molecule has 2 aromatic heterocycles. The highest BCUT2D eigenvalue weighted by atomic mass is 16.5. The Kier molecular flexibility index (Phi) is 5.25. The lowest BCUT2D eigenvalue weighted by Gasteiger charge is -2.57. The first-order valence-electron chi connectivity index (χ1n) is 13.2. The van der Waals surface area contributed by atoms with Crippen LogP contribution < -0.4 is 4.74 Å². The van der Waals surface area contributed by atoms with Crippen molar-refractivity contribution in [1.82, 2.24) is 14.9 Å². The number of carbonyl (C=O) groups is 2. The zero-order valence-corrected chi connectivity index (χ0v) is 21.2. The van der Waals surface area contributed by atoms with E-state index in [4.69, 9.17) is 4.74 Å². The predicted octanol–water partition coefficient (Wildman–Crippen LogP) is 4.33. The zero-order chi connectivity index (χ0) is 26.9. The highest BCUT2D eigenvalue weighted by Crippen LogP contribution is 2.64. The third kappa shape index (κ3) is 3.21. The number of hydrogen-bond donors (Lipinski definition) is 2. The molecule has 4 heterocycles. The van der Waals surface area contributed by atoms with Crippen LogP contribution in [0.1, 0.15) is 49.9 Å². The number of pyridine rings is 2. The van der Waals surface area contributed by atoms with Crippen LogP contribution in [-0.4, -0.2) is 62.3 Å². The molecule has 2 aliphatic heterocycles. The van der Waals surface area contributed by atoms with Crippen molar-refractivity contribution in [3.63, 3.8) is 0 Å². The van der Waals surface area contributed by atoms with Gasteiger partial charge < -0.3 is 14.9 Å². The summed E-state index contributed by atoms with van der Waals surface area (Å²) in [5.41, 5.74) is 3.69. The van der Waals surface area contributed by atoms with Crippen molar-refractivity contribution in [3.05, 3.63) is 102 Å². The van der Waals surface area contributed by atoms with Gasteiger partial charge in [-0.2, -0.15) is 0 Å². The van der Waals surface area contributed by atoms with Crippen LogP contribution in [0, 0.1) is 5.92 Å². The van der Waals surface area contributed by atoms with E-state index >= 15 is 0 Å². The average Bonchev–Trinajstić information content (AvgIpc) is 3.29. The first-order valence-corrected chi connectivity index (χ1v) is 13.2. The van der Waals surface area contributed by atoms with Crippen molar-refractivity contribution in [2.75, 3.05) is 13.1 Å². The Morgan fingerprint density at radius 2 is 1.85 bits per heavy atom. The van der Waals surface area contributed by atoms with Crippen LogP contribution in [0.2, 0.25) is 0 Å². The molecule has 0 amide bonds. The van der Waals surface area contributed by atoms with E-state index < -0.39 is 17.4 Å². The number of nitrogens with zero attached hydrogens (tertiary/aromatic N) is 3. The van der Waals surface area contributed by atoms with E-state index in [9.17, 15) is 19.8 Å². The number of carboxylic acids is 2. The molecule has 3 aromatic rings. The van der Waals surface area contributed by atoms with Gasteiger partial charge in [0.1, 0.15) is 11.9 Å². The Labute approximate surface area is 225 Å². The van der Waals surface area contributed by atoms with Crippen molar-refractivity contribution in [2.24, 2.45) is 5.92 Å². The summed E-state index contributed by atoms with van der Waals surface area (Å²) < 4.78 is 6.94. The maximum atomic E-state index is 12.2. The van der Waals surface area contributed by atoms with E-state index in [0.717, 1.165) is 31.5 Å². The lowest BCUT2D eigenvalue weighted by atomic mass is 9.51. The van der Waals surface area contributed by atoms with Crippen LogP contribution in [0.4, 0.5) is 0 Å². The largest absolute Gasteiger partial charge is 0.487 e. The van der Waals surface area contributed by atoms with Crippen molar-refractivity contribution in [1.29, 1.82) is 0 Å². The Morgan fingerprint density at radius 3 is 2.62 bits per heavy atom. The lowest BCUT2D eigenvalue weighted by Crippen LogP contribution is -2.64. The number of ether oxygens (including phenoxy) is 1. The molecular weight excluding hydrogens is 494 g/mol. The number of aromatic nitrogens is 2. The van der Waals surface area contributed by atoms with E-state index in [1.807, 2.05) is 12.1 Å². The molecule has 4 aliphatic rings. The minimum atomic E-state index is -1.05. The van der Waals surface area contributed by atoms with Gasteiger partial charge in [-0.1, -0.05) is 24.3 Å². The standard InChI is InChI=1S/C31H27N3O5/c1-2-14-34-15-11-31-22-10-9-19(26-21(30(37)38)6-4-13-33-26)28(31)39-27-18(8-7-17(24(27)31)16-23(22)34)25-20(29(35)36)5-3-12-32-25/h2-10,12-13,19,22-23,28H,1,11,14-16H2,(H,35,36)(H,37,38)/t19?,22-,23+,28?,31-/m0/s1. The van der Waals surface area contributed by atoms with Crippen molar-refractivity contribution < 1.29 is 24.5 Å². The Hall–Kier alpha value is -4.30. The fraction of sp³-hybridized carbons (Fsp3) is 0.290. The summed E-state index contributed by atoms with van der Waals surface area (Å²) in [6.45, 7) is 5.62. The second-order valence-electron chi connectivity index (χ2n) is 10.7. The summed E-state index contributed by atoms with van der Waals surface area (Å²) in [4.78, 5) is 35.8. The third-order valence-electron chi connectivity index (χ3n) is 9.08. The molecule has 196 valence electrons. The van der Waals surface area contributed by atoms with Gasteiger partial charge in [0.15, 0.2) is 0 Å². The van der Waals surface area contributed by atoms with Gasteiger partial charge in [-0.15, -0.1) is 6.58 Å². The van der Waals surface area contributed by atoms with Crippen LogP contribution in [0.15, 0.2) is 73.6 Å². The van der Waals surface area contributed by atoms with Gasteiger partial charge in [0.05, 0.1) is 28.4 Å². The summed E-state index contributed by atoms with van der Waals surface area (Å²) in [5.74, 6) is -1.64. The number of benzene rings is 1. The van der Waals surface area contributed by atoms with Crippen LogP contribution in [0.5, 0.6) is 5.75 Å². The summed E-state index contributed by atoms with van der Waals surface area (Å²) in [6.07, 6.45) is 10.8. The summed E-state index contributed by atoms with van der Waals surface area (Å²) in [7, 11) is 0. The third-order valence-corrected chi connectivity index (χ3v) is 9.08. The number of likely N-dealkylation sites (tertiary alicyclic amines) is 1. The van der Waals surface area contributed by atoms with Gasteiger partial charge in [0.25, 0.3) is 0 Å². The van der Waals surface area contributed by atoms with Gasteiger partial charge in [-0.05, 0) is 55.3 Å². The topological polar surface area (TPSA) is 113 Å². The van der Waals surface area contributed by atoms with Crippen molar-refractivity contribution in [2.45, 2.75) is 36.3 Å².